The van der Waals surface area contributed by atoms with Crippen LogP contribution >= 0.6 is 0 Å². The Bertz CT molecular complexity index is 799. The van der Waals surface area contributed by atoms with E-state index >= 15 is 0 Å². The van der Waals surface area contributed by atoms with Crippen molar-refractivity contribution in [2.24, 2.45) is 0 Å². The first-order valence-corrected chi connectivity index (χ1v) is 8.55. The van der Waals surface area contributed by atoms with Crippen molar-refractivity contribution in [1.29, 1.82) is 0 Å². The fourth-order valence-electron chi connectivity index (χ4n) is 3.55. The van der Waals surface area contributed by atoms with Crippen molar-refractivity contribution >= 4 is 5.91 Å². The summed E-state index contributed by atoms with van der Waals surface area (Å²) < 4.78 is 23.9. The van der Waals surface area contributed by atoms with E-state index in [9.17, 15) is 9.18 Å². The summed E-state index contributed by atoms with van der Waals surface area (Å²) in [7, 11) is 0. The molecule has 2 aromatic rings. The third-order valence-corrected chi connectivity index (χ3v) is 5.28. The smallest absolute Gasteiger partial charge is 0.231 e. The van der Waals surface area contributed by atoms with Gasteiger partial charge in [-0.2, -0.15) is 0 Å². The predicted molar refractivity (Wildman–Crippen MR) is 91.1 cm³/mol. The fraction of sp³-hybridized carbons (Fsp3) is 0.350. The number of hydrogen-bond acceptors (Lipinski definition) is 3. The van der Waals surface area contributed by atoms with Gasteiger partial charge in [-0.25, -0.2) is 4.39 Å². The first-order chi connectivity index (χ1) is 12.1. The van der Waals surface area contributed by atoms with E-state index in [-0.39, 0.29) is 24.6 Å². The van der Waals surface area contributed by atoms with Gasteiger partial charge in [-0.3, -0.25) is 4.79 Å². The lowest BCUT2D eigenvalue weighted by Gasteiger charge is -2.41. The second kappa shape index (κ2) is 6.06. The minimum absolute atomic E-state index is 0.00414. The minimum atomic E-state index is -0.543. The van der Waals surface area contributed by atoms with Gasteiger partial charge in [-0.1, -0.05) is 24.6 Å². The molecule has 1 N–H and O–H groups in total. The van der Waals surface area contributed by atoms with Crippen LogP contribution in [0.4, 0.5) is 4.39 Å². The summed E-state index contributed by atoms with van der Waals surface area (Å²) in [6.07, 6.45) is 2.58. The van der Waals surface area contributed by atoms with Crippen LogP contribution in [0.1, 0.15) is 43.4 Å². The average molecular weight is 341 g/mol. The van der Waals surface area contributed by atoms with Gasteiger partial charge in [0.1, 0.15) is 5.82 Å². The summed E-state index contributed by atoms with van der Waals surface area (Å²) in [5, 5.41) is 3.11. The molecule has 1 heterocycles. The first-order valence-electron chi connectivity index (χ1n) is 8.55. The van der Waals surface area contributed by atoms with Crippen LogP contribution in [0.2, 0.25) is 0 Å². The maximum absolute atomic E-state index is 13.2. The summed E-state index contributed by atoms with van der Waals surface area (Å²) in [5.74, 6) is 1.14. The molecule has 2 aliphatic rings. The molecule has 25 heavy (non-hydrogen) atoms. The maximum atomic E-state index is 13.2. The third-order valence-electron chi connectivity index (χ3n) is 5.28. The molecule has 1 unspecified atom stereocenters. The van der Waals surface area contributed by atoms with Crippen molar-refractivity contribution in [1.82, 2.24) is 5.32 Å². The summed E-state index contributed by atoms with van der Waals surface area (Å²) in [6, 6.07) is 11.8. The second-order valence-electron chi connectivity index (χ2n) is 6.75. The Labute approximate surface area is 146 Å². The SMILES string of the molecule is CC(NC(=O)C1(c2ccc(F)cc2)CCC1)c1ccc2c(c1)OCO2. The second-order valence-corrected chi connectivity index (χ2v) is 6.75. The number of fused-ring (bicyclic) bond motifs is 1. The van der Waals surface area contributed by atoms with Gasteiger partial charge in [0.05, 0.1) is 11.5 Å². The van der Waals surface area contributed by atoms with E-state index in [0.29, 0.717) is 5.75 Å². The summed E-state index contributed by atoms with van der Waals surface area (Å²) in [4.78, 5) is 13.0. The van der Waals surface area contributed by atoms with Crippen LogP contribution in [0.15, 0.2) is 42.5 Å². The van der Waals surface area contributed by atoms with Crippen LogP contribution < -0.4 is 14.8 Å². The number of hydrogen-bond donors (Lipinski definition) is 1. The van der Waals surface area contributed by atoms with Crippen LogP contribution in [0, 0.1) is 5.82 Å². The molecular formula is C20H20FNO3. The highest BCUT2D eigenvalue weighted by Crippen LogP contribution is 2.44. The monoisotopic (exact) mass is 341 g/mol. The Morgan fingerprint density at radius 1 is 1.12 bits per heavy atom. The van der Waals surface area contributed by atoms with Crippen molar-refractivity contribution in [3.63, 3.8) is 0 Å². The van der Waals surface area contributed by atoms with E-state index in [4.69, 9.17) is 9.47 Å². The predicted octanol–water partition coefficient (Wildman–Crippen LogP) is 3.85. The van der Waals surface area contributed by atoms with Crippen LogP contribution in [-0.2, 0) is 10.2 Å². The zero-order valence-corrected chi connectivity index (χ0v) is 14.0. The first kappa shape index (κ1) is 15.9. The largest absolute Gasteiger partial charge is 0.454 e. The van der Waals surface area contributed by atoms with E-state index < -0.39 is 5.41 Å². The zero-order chi connectivity index (χ0) is 17.4. The van der Waals surface area contributed by atoms with Gasteiger partial charge in [-0.05, 0) is 55.2 Å². The molecule has 1 atom stereocenters. The Morgan fingerprint density at radius 3 is 2.52 bits per heavy atom. The average Bonchev–Trinajstić information content (AvgIpc) is 3.03. The normalized spacial score (nSPS) is 18.3. The number of carbonyl (C=O) groups is 1. The standard InChI is InChI=1S/C20H20FNO3/c1-13(14-3-8-17-18(11-14)25-12-24-17)22-19(23)20(9-2-10-20)15-4-6-16(21)7-5-15/h3-8,11,13H,2,9-10,12H2,1H3,(H,22,23). The molecular weight excluding hydrogens is 321 g/mol. The van der Waals surface area contributed by atoms with Crippen molar-refractivity contribution in [3.05, 3.63) is 59.4 Å². The van der Waals surface area contributed by atoms with Gasteiger partial charge in [0.2, 0.25) is 12.7 Å². The number of ether oxygens (including phenoxy) is 2. The number of nitrogens with one attached hydrogen (secondary N) is 1. The summed E-state index contributed by atoms with van der Waals surface area (Å²) in [5.41, 5.74) is 1.31. The molecule has 0 bridgehead atoms. The third kappa shape index (κ3) is 2.73. The van der Waals surface area contributed by atoms with Crippen LogP contribution in [0.25, 0.3) is 0 Å². The van der Waals surface area contributed by atoms with Gasteiger partial charge >= 0.3 is 0 Å². The van der Waals surface area contributed by atoms with Crippen molar-refractivity contribution in [3.8, 4) is 11.5 Å². The molecule has 2 aromatic carbocycles. The lowest BCUT2D eigenvalue weighted by molar-refractivity contribution is -0.130. The van der Waals surface area contributed by atoms with Gasteiger partial charge in [0, 0.05) is 0 Å². The topological polar surface area (TPSA) is 47.6 Å². The number of benzene rings is 2. The molecule has 1 fully saturated rings. The Kier molecular flexibility index (Phi) is 3.86. The molecule has 1 saturated carbocycles. The highest BCUT2D eigenvalue weighted by molar-refractivity contribution is 5.89. The van der Waals surface area contributed by atoms with E-state index in [2.05, 4.69) is 5.32 Å². The number of carbonyl (C=O) groups excluding carboxylic acids is 1. The van der Waals surface area contributed by atoms with E-state index in [0.717, 1.165) is 36.1 Å². The number of amides is 1. The fourth-order valence-corrected chi connectivity index (χ4v) is 3.55. The van der Waals surface area contributed by atoms with Crippen LogP contribution in [0.5, 0.6) is 11.5 Å². The molecule has 1 amide bonds. The quantitative estimate of drug-likeness (QED) is 0.919. The van der Waals surface area contributed by atoms with Crippen molar-refractivity contribution in [2.75, 3.05) is 6.79 Å². The Hall–Kier alpha value is -2.56. The van der Waals surface area contributed by atoms with Gasteiger partial charge < -0.3 is 14.8 Å². The minimum Gasteiger partial charge on any atom is -0.454 e. The molecule has 4 nitrogen and oxygen atoms in total. The molecule has 1 aliphatic heterocycles. The van der Waals surface area contributed by atoms with E-state index in [1.54, 1.807) is 12.1 Å². The highest BCUT2D eigenvalue weighted by atomic mass is 19.1. The van der Waals surface area contributed by atoms with E-state index in [1.807, 2.05) is 25.1 Å². The lowest BCUT2D eigenvalue weighted by Crippen LogP contribution is -2.49. The van der Waals surface area contributed by atoms with Crippen LogP contribution in [0.3, 0.4) is 0 Å². The van der Waals surface area contributed by atoms with Gasteiger partial charge in [0.25, 0.3) is 0 Å². The maximum Gasteiger partial charge on any atom is 0.231 e. The molecule has 0 spiro atoms. The van der Waals surface area contributed by atoms with Crippen LogP contribution in [-0.4, -0.2) is 12.7 Å². The Balaban J connectivity index is 1.53. The van der Waals surface area contributed by atoms with Crippen molar-refractivity contribution < 1.29 is 18.7 Å². The van der Waals surface area contributed by atoms with E-state index in [1.165, 1.54) is 12.1 Å². The molecule has 5 heteroatoms. The van der Waals surface area contributed by atoms with Crippen molar-refractivity contribution in [2.45, 2.75) is 37.6 Å². The molecule has 1 aliphatic carbocycles. The van der Waals surface area contributed by atoms with Gasteiger partial charge in [0.15, 0.2) is 11.5 Å². The molecule has 0 radical (unpaired) electrons. The number of halogens is 1. The summed E-state index contributed by atoms with van der Waals surface area (Å²) in [6.45, 7) is 2.18. The highest BCUT2D eigenvalue weighted by Gasteiger charge is 2.45. The molecule has 4 rings (SSSR count). The Morgan fingerprint density at radius 2 is 1.84 bits per heavy atom. The molecule has 130 valence electrons. The molecule has 0 aromatic heterocycles. The number of rotatable bonds is 4. The summed E-state index contributed by atoms with van der Waals surface area (Å²) >= 11 is 0. The van der Waals surface area contributed by atoms with Gasteiger partial charge in [-0.15, -0.1) is 0 Å². The lowest BCUT2D eigenvalue weighted by atomic mass is 9.63. The molecule has 0 saturated heterocycles. The zero-order valence-electron chi connectivity index (χ0n) is 14.0.